The summed E-state index contributed by atoms with van der Waals surface area (Å²) in [7, 11) is 0. The van der Waals surface area contributed by atoms with Gasteiger partial charge in [-0.15, -0.1) is 0 Å². The zero-order valence-electron chi connectivity index (χ0n) is 5.97. The zero-order valence-corrected chi connectivity index (χ0v) is 5.97. The van der Waals surface area contributed by atoms with Crippen LogP contribution in [0.1, 0.15) is 19.8 Å². The second kappa shape index (κ2) is 3.18. The first kappa shape index (κ1) is 7.03. The molecule has 1 fully saturated rings. The van der Waals surface area contributed by atoms with E-state index in [1.54, 1.807) is 0 Å². The van der Waals surface area contributed by atoms with E-state index in [9.17, 15) is 0 Å². The fraction of sp³-hybridized carbons (Fsp3) is 1.00. The summed E-state index contributed by atoms with van der Waals surface area (Å²) in [6.07, 6.45) is 2.88. The Morgan fingerprint density at radius 2 is 2.56 bits per heavy atom. The number of ether oxygens (including phenoxy) is 1. The lowest BCUT2D eigenvalue weighted by Crippen LogP contribution is -2.24. The molecule has 2 atom stereocenters. The van der Waals surface area contributed by atoms with Crippen LogP contribution in [-0.2, 0) is 4.74 Å². The third-order valence-corrected chi connectivity index (χ3v) is 1.97. The van der Waals surface area contributed by atoms with Gasteiger partial charge in [0, 0.05) is 6.61 Å². The molecule has 0 spiro atoms. The van der Waals surface area contributed by atoms with E-state index in [1.165, 1.54) is 12.8 Å². The van der Waals surface area contributed by atoms with Crippen LogP contribution < -0.4 is 5.73 Å². The number of rotatable bonds is 2. The molecule has 0 amide bonds. The van der Waals surface area contributed by atoms with Gasteiger partial charge in [0.05, 0.1) is 6.10 Å². The normalized spacial score (nSPS) is 30.7. The minimum atomic E-state index is 0.454. The molecule has 0 saturated carbocycles. The van der Waals surface area contributed by atoms with E-state index >= 15 is 0 Å². The summed E-state index contributed by atoms with van der Waals surface area (Å²) in [5.41, 5.74) is 5.47. The number of nitrogens with two attached hydrogens (primary N) is 1. The molecule has 2 nitrogen and oxygen atoms in total. The number of hydrogen-bond acceptors (Lipinski definition) is 2. The first-order valence-electron chi connectivity index (χ1n) is 3.66. The maximum atomic E-state index is 5.47. The van der Waals surface area contributed by atoms with Crippen molar-refractivity contribution in [2.45, 2.75) is 25.9 Å². The Balaban J connectivity index is 2.24. The molecule has 0 aromatic heterocycles. The fourth-order valence-electron chi connectivity index (χ4n) is 1.20. The summed E-state index contributed by atoms with van der Waals surface area (Å²) >= 11 is 0. The quantitative estimate of drug-likeness (QED) is 0.597. The van der Waals surface area contributed by atoms with Gasteiger partial charge >= 0.3 is 0 Å². The summed E-state index contributed by atoms with van der Waals surface area (Å²) in [5.74, 6) is 0.549. The molecule has 2 heteroatoms. The van der Waals surface area contributed by atoms with Gasteiger partial charge in [0.25, 0.3) is 0 Å². The van der Waals surface area contributed by atoms with Crippen LogP contribution >= 0.6 is 0 Å². The highest BCUT2D eigenvalue weighted by Crippen LogP contribution is 2.18. The molecule has 0 aromatic rings. The smallest absolute Gasteiger partial charge is 0.0613 e. The average molecular weight is 129 g/mol. The fourth-order valence-corrected chi connectivity index (χ4v) is 1.20. The van der Waals surface area contributed by atoms with Gasteiger partial charge in [0.15, 0.2) is 0 Å². The maximum Gasteiger partial charge on any atom is 0.0613 e. The second-order valence-electron chi connectivity index (χ2n) is 2.76. The molecular formula is C7H15NO. The van der Waals surface area contributed by atoms with Crippen molar-refractivity contribution >= 4 is 0 Å². The van der Waals surface area contributed by atoms with Crippen molar-refractivity contribution in [3.63, 3.8) is 0 Å². The first-order valence-corrected chi connectivity index (χ1v) is 3.66. The summed E-state index contributed by atoms with van der Waals surface area (Å²) < 4.78 is 5.43. The van der Waals surface area contributed by atoms with Crippen LogP contribution in [-0.4, -0.2) is 19.3 Å². The third-order valence-electron chi connectivity index (χ3n) is 1.97. The molecule has 1 rings (SSSR count). The van der Waals surface area contributed by atoms with Gasteiger partial charge in [-0.2, -0.15) is 0 Å². The van der Waals surface area contributed by atoms with E-state index in [4.69, 9.17) is 10.5 Å². The predicted octanol–water partition coefficient (Wildman–Crippen LogP) is 0.760. The lowest BCUT2D eigenvalue weighted by Gasteiger charge is -2.15. The standard InChI is InChI=1S/C7H15NO/c1-6(5-8)7-3-2-4-9-7/h6-7H,2-5,8H2,1H3/t6-,7-/m1/s1. The Kier molecular flexibility index (Phi) is 2.49. The van der Waals surface area contributed by atoms with Crippen molar-refractivity contribution in [1.29, 1.82) is 0 Å². The van der Waals surface area contributed by atoms with E-state index in [2.05, 4.69) is 6.92 Å². The van der Waals surface area contributed by atoms with Gasteiger partial charge in [-0.05, 0) is 25.3 Å². The molecule has 1 saturated heterocycles. The van der Waals surface area contributed by atoms with E-state index in [0.717, 1.165) is 13.2 Å². The largest absolute Gasteiger partial charge is 0.378 e. The van der Waals surface area contributed by atoms with Crippen molar-refractivity contribution in [3.05, 3.63) is 0 Å². The molecule has 54 valence electrons. The van der Waals surface area contributed by atoms with E-state index in [0.29, 0.717) is 12.0 Å². The molecule has 1 aliphatic rings. The summed E-state index contributed by atoms with van der Waals surface area (Å²) in [6, 6.07) is 0. The molecule has 0 aliphatic carbocycles. The lowest BCUT2D eigenvalue weighted by atomic mass is 10.0. The Labute approximate surface area is 56.4 Å². The van der Waals surface area contributed by atoms with Crippen molar-refractivity contribution in [3.8, 4) is 0 Å². The van der Waals surface area contributed by atoms with Crippen molar-refractivity contribution in [2.75, 3.05) is 13.2 Å². The van der Waals surface area contributed by atoms with E-state index in [-0.39, 0.29) is 0 Å². The Hall–Kier alpha value is -0.0800. The monoisotopic (exact) mass is 129 g/mol. The van der Waals surface area contributed by atoms with E-state index < -0.39 is 0 Å². The Morgan fingerprint density at radius 1 is 1.78 bits per heavy atom. The summed E-state index contributed by atoms with van der Waals surface area (Å²) in [6.45, 7) is 3.84. The molecular weight excluding hydrogens is 114 g/mol. The van der Waals surface area contributed by atoms with Crippen LogP contribution in [0.5, 0.6) is 0 Å². The molecule has 1 heterocycles. The highest BCUT2D eigenvalue weighted by molar-refractivity contribution is 4.71. The molecule has 9 heavy (non-hydrogen) atoms. The van der Waals surface area contributed by atoms with Gasteiger partial charge in [-0.3, -0.25) is 0 Å². The van der Waals surface area contributed by atoms with Crippen molar-refractivity contribution in [2.24, 2.45) is 11.7 Å². The Morgan fingerprint density at radius 3 is 3.00 bits per heavy atom. The highest BCUT2D eigenvalue weighted by atomic mass is 16.5. The van der Waals surface area contributed by atoms with Gasteiger partial charge in [0.1, 0.15) is 0 Å². The lowest BCUT2D eigenvalue weighted by molar-refractivity contribution is 0.0724. The van der Waals surface area contributed by atoms with Gasteiger partial charge in [-0.25, -0.2) is 0 Å². The summed E-state index contributed by atoms with van der Waals surface area (Å²) in [4.78, 5) is 0. The van der Waals surface area contributed by atoms with Crippen LogP contribution in [0.15, 0.2) is 0 Å². The van der Waals surface area contributed by atoms with Gasteiger partial charge in [-0.1, -0.05) is 6.92 Å². The average Bonchev–Trinajstić information content (AvgIpc) is 2.37. The summed E-state index contributed by atoms with van der Waals surface area (Å²) in [5, 5.41) is 0. The Bertz CT molecular complexity index is 79.0. The number of hydrogen-bond donors (Lipinski definition) is 1. The minimum absolute atomic E-state index is 0.454. The zero-order chi connectivity index (χ0) is 6.69. The first-order chi connectivity index (χ1) is 4.34. The molecule has 0 radical (unpaired) electrons. The van der Waals surface area contributed by atoms with Crippen LogP contribution in [0, 0.1) is 5.92 Å². The molecule has 0 aromatic carbocycles. The van der Waals surface area contributed by atoms with Crippen LogP contribution in [0.4, 0.5) is 0 Å². The molecule has 2 N–H and O–H groups in total. The maximum absolute atomic E-state index is 5.47. The molecule has 1 aliphatic heterocycles. The predicted molar refractivity (Wildman–Crippen MR) is 37.2 cm³/mol. The van der Waals surface area contributed by atoms with Crippen molar-refractivity contribution < 1.29 is 4.74 Å². The third kappa shape index (κ3) is 1.66. The minimum Gasteiger partial charge on any atom is -0.378 e. The van der Waals surface area contributed by atoms with Gasteiger partial charge in [0.2, 0.25) is 0 Å². The van der Waals surface area contributed by atoms with Crippen LogP contribution in [0.3, 0.4) is 0 Å². The topological polar surface area (TPSA) is 35.2 Å². The van der Waals surface area contributed by atoms with Gasteiger partial charge < -0.3 is 10.5 Å². The van der Waals surface area contributed by atoms with Crippen LogP contribution in [0.2, 0.25) is 0 Å². The van der Waals surface area contributed by atoms with E-state index in [1.807, 2.05) is 0 Å². The van der Waals surface area contributed by atoms with Crippen molar-refractivity contribution in [1.82, 2.24) is 0 Å². The second-order valence-corrected chi connectivity index (χ2v) is 2.76. The molecule has 0 unspecified atom stereocenters. The highest BCUT2D eigenvalue weighted by Gasteiger charge is 2.20. The van der Waals surface area contributed by atoms with Crippen LogP contribution in [0.25, 0.3) is 0 Å². The SMILES string of the molecule is C[C@H](CN)[C@H]1CCCO1. The molecule has 0 bridgehead atoms.